The molecule has 4 nitrogen and oxygen atoms in total. The maximum absolute atomic E-state index is 6.46. The van der Waals surface area contributed by atoms with Crippen LogP contribution in [0.1, 0.15) is 36.8 Å². The third kappa shape index (κ3) is 4.87. The quantitative estimate of drug-likeness (QED) is 0.386. The molecule has 0 aromatic heterocycles. The van der Waals surface area contributed by atoms with E-state index in [1.807, 2.05) is 6.07 Å². The highest BCUT2D eigenvalue weighted by atomic mass is 35.5. The van der Waals surface area contributed by atoms with E-state index in [4.69, 9.17) is 16.3 Å². The van der Waals surface area contributed by atoms with Crippen molar-refractivity contribution in [2.75, 3.05) is 42.5 Å². The first-order valence-electron chi connectivity index (χ1n) is 13.1. The van der Waals surface area contributed by atoms with E-state index in [0.29, 0.717) is 12.6 Å². The smallest absolute Gasteiger partial charge is 0.143 e. The first-order chi connectivity index (χ1) is 17.2. The number of halogens is 1. The summed E-state index contributed by atoms with van der Waals surface area (Å²) >= 11 is 6.46. The molecule has 6 rings (SSSR count). The van der Waals surface area contributed by atoms with E-state index in [9.17, 15) is 0 Å². The number of para-hydroxylation sites is 2. The second-order valence-electron chi connectivity index (χ2n) is 10.1. The molecule has 2 saturated heterocycles. The monoisotopic (exact) mass is 487 g/mol. The van der Waals surface area contributed by atoms with E-state index < -0.39 is 0 Å². The molecule has 1 unspecified atom stereocenters. The number of hydrogen-bond acceptors (Lipinski definition) is 4. The molecule has 182 valence electrons. The van der Waals surface area contributed by atoms with Gasteiger partial charge in [-0.1, -0.05) is 41.9 Å². The zero-order valence-corrected chi connectivity index (χ0v) is 21.1. The molecule has 0 radical (unpaired) electrons. The summed E-state index contributed by atoms with van der Waals surface area (Å²) < 4.78 is 6.19. The molecule has 2 fully saturated rings. The summed E-state index contributed by atoms with van der Waals surface area (Å²) in [7, 11) is 0. The van der Waals surface area contributed by atoms with Gasteiger partial charge in [0.05, 0.1) is 5.69 Å². The maximum Gasteiger partial charge on any atom is 0.143 e. The third-order valence-electron chi connectivity index (χ3n) is 7.84. The van der Waals surface area contributed by atoms with Gasteiger partial charge in [-0.15, -0.1) is 0 Å². The fraction of sp³-hybridized carbons (Fsp3) is 0.400. The molecular weight excluding hydrogens is 454 g/mol. The molecule has 0 aliphatic carbocycles. The van der Waals surface area contributed by atoms with E-state index in [-0.39, 0.29) is 0 Å². The average molecular weight is 488 g/mol. The van der Waals surface area contributed by atoms with Crippen molar-refractivity contribution in [1.82, 2.24) is 4.90 Å². The molecule has 35 heavy (non-hydrogen) atoms. The Hall–Kier alpha value is -2.69. The zero-order valence-electron chi connectivity index (χ0n) is 20.3. The number of fused-ring (bicyclic) bond motifs is 2. The second kappa shape index (κ2) is 10.1. The highest BCUT2D eigenvalue weighted by Gasteiger charge is 2.30. The Bertz CT molecular complexity index is 1180. The minimum absolute atomic E-state index is 0.509. The maximum atomic E-state index is 6.46. The van der Waals surface area contributed by atoms with Gasteiger partial charge in [-0.05, 0) is 80.6 Å². The lowest BCUT2D eigenvalue weighted by Gasteiger charge is -2.33. The van der Waals surface area contributed by atoms with Gasteiger partial charge >= 0.3 is 0 Å². The molecule has 3 aliphatic heterocycles. The van der Waals surface area contributed by atoms with E-state index in [2.05, 4.69) is 75.4 Å². The van der Waals surface area contributed by atoms with Crippen LogP contribution in [-0.2, 0) is 13.0 Å². The number of anilines is 3. The van der Waals surface area contributed by atoms with Gasteiger partial charge in [0.1, 0.15) is 12.4 Å². The van der Waals surface area contributed by atoms with Gasteiger partial charge in [-0.25, -0.2) is 0 Å². The molecule has 0 bridgehead atoms. The van der Waals surface area contributed by atoms with Crippen molar-refractivity contribution < 1.29 is 4.74 Å². The number of benzene rings is 3. The van der Waals surface area contributed by atoms with Crippen LogP contribution in [0.3, 0.4) is 0 Å². The van der Waals surface area contributed by atoms with Crippen LogP contribution in [0.2, 0.25) is 5.02 Å². The van der Waals surface area contributed by atoms with Crippen molar-refractivity contribution >= 4 is 28.7 Å². The average Bonchev–Trinajstić information content (AvgIpc) is 3.56. The Kier molecular flexibility index (Phi) is 6.58. The van der Waals surface area contributed by atoms with E-state index in [1.165, 1.54) is 67.8 Å². The van der Waals surface area contributed by atoms with Crippen molar-refractivity contribution in [2.24, 2.45) is 0 Å². The van der Waals surface area contributed by atoms with Crippen molar-refractivity contribution in [3.8, 4) is 5.75 Å². The van der Waals surface area contributed by atoms with Crippen molar-refractivity contribution in [2.45, 2.75) is 44.8 Å². The third-order valence-corrected chi connectivity index (χ3v) is 8.07. The van der Waals surface area contributed by atoms with Crippen molar-refractivity contribution in [1.29, 1.82) is 0 Å². The topological polar surface area (TPSA) is 19.0 Å². The number of hydrogen-bond donors (Lipinski definition) is 0. The van der Waals surface area contributed by atoms with Crippen LogP contribution in [0.15, 0.2) is 66.7 Å². The molecular formula is C30H34ClN3O. The molecule has 0 saturated carbocycles. The largest absolute Gasteiger partial charge is 0.487 e. The molecule has 0 amide bonds. The highest BCUT2D eigenvalue weighted by molar-refractivity contribution is 6.30. The van der Waals surface area contributed by atoms with Gasteiger partial charge in [0.15, 0.2) is 0 Å². The van der Waals surface area contributed by atoms with Crippen LogP contribution in [0.4, 0.5) is 17.1 Å². The van der Waals surface area contributed by atoms with Crippen LogP contribution < -0.4 is 14.5 Å². The molecule has 0 N–H and O–H groups in total. The molecule has 5 heteroatoms. The summed E-state index contributed by atoms with van der Waals surface area (Å²) in [6.07, 6.45) is 6.22. The highest BCUT2D eigenvalue weighted by Crippen LogP contribution is 2.41. The number of rotatable bonds is 6. The van der Waals surface area contributed by atoms with Crippen molar-refractivity contribution in [3.63, 3.8) is 0 Å². The lowest BCUT2D eigenvalue weighted by molar-refractivity contribution is 0.261. The summed E-state index contributed by atoms with van der Waals surface area (Å²) in [5, 5.41) is 0.772. The summed E-state index contributed by atoms with van der Waals surface area (Å²) in [4.78, 5) is 7.67. The number of ether oxygens (including phenoxy) is 1. The summed E-state index contributed by atoms with van der Waals surface area (Å²) in [6.45, 7) is 6.19. The predicted octanol–water partition coefficient (Wildman–Crippen LogP) is 6.68. The summed E-state index contributed by atoms with van der Waals surface area (Å²) in [6, 6.07) is 24.3. The Morgan fingerprint density at radius 1 is 0.857 bits per heavy atom. The van der Waals surface area contributed by atoms with Crippen LogP contribution in [0.5, 0.6) is 5.75 Å². The molecule has 0 spiro atoms. The number of nitrogens with zero attached hydrogens (tertiary/aromatic N) is 3. The van der Waals surface area contributed by atoms with E-state index >= 15 is 0 Å². The van der Waals surface area contributed by atoms with Gasteiger partial charge < -0.3 is 14.5 Å². The predicted molar refractivity (Wildman–Crippen MR) is 145 cm³/mol. The van der Waals surface area contributed by atoms with E-state index in [0.717, 1.165) is 36.0 Å². The summed E-state index contributed by atoms with van der Waals surface area (Å²) in [5.74, 6) is 0.947. The van der Waals surface area contributed by atoms with Gasteiger partial charge in [0.2, 0.25) is 0 Å². The fourth-order valence-corrected chi connectivity index (χ4v) is 6.12. The van der Waals surface area contributed by atoms with Crippen LogP contribution in [0, 0.1) is 0 Å². The Labute approximate surface area is 214 Å². The Morgan fingerprint density at radius 2 is 1.74 bits per heavy atom. The second-order valence-corrected chi connectivity index (χ2v) is 10.5. The van der Waals surface area contributed by atoms with Crippen molar-refractivity contribution in [3.05, 3.63) is 82.9 Å². The van der Waals surface area contributed by atoms with Gasteiger partial charge in [-0.2, -0.15) is 0 Å². The number of likely N-dealkylation sites (tertiary alicyclic amines) is 1. The fourth-order valence-electron chi connectivity index (χ4n) is 5.96. The van der Waals surface area contributed by atoms with Gasteiger partial charge in [-0.3, -0.25) is 4.90 Å². The Morgan fingerprint density at radius 3 is 2.66 bits per heavy atom. The molecule has 3 heterocycles. The first-order valence-corrected chi connectivity index (χ1v) is 13.5. The van der Waals surface area contributed by atoms with Crippen LogP contribution >= 0.6 is 11.6 Å². The summed E-state index contributed by atoms with van der Waals surface area (Å²) in [5.41, 5.74) is 6.35. The minimum Gasteiger partial charge on any atom is -0.487 e. The van der Waals surface area contributed by atoms with Gasteiger partial charge in [0, 0.05) is 54.2 Å². The molecule has 3 aromatic rings. The minimum atomic E-state index is 0.509. The van der Waals surface area contributed by atoms with Crippen LogP contribution in [0.25, 0.3) is 0 Å². The first kappa shape index (κ1) is 22.8. The molecule has 3 aliphatic rings. The zero-order chi connectivity index (χ0) is 23.6. The standard InChI is InChI=1S/C30H34ClN3O/c31-25-13-12-24-22-35-30-11-2-1-10-28(30)34(29(24)20-25)21-27-9-6-17-33(27)18-14-23-7-5-8-26(19-23)32-15-3-4-16-32/h1-2,5,7-8,10-13,19-20,27H,3-4,6,9,14-18,21-22H2. The lowest BCUT2D eigenvalue weighted by atomic mass is 10.1. The van der Waals surface area contributed by atoms with E-state index in [1.54, 1.807) is 0 Å². The SMILES string of the molecule is Clc1ccc2c(c1)N(CC1CCCN1CCc1cccc(N3CCCC3)c1)c1ccccc1OC2. The Balaban J connectivity index is 1.20. The van der Waals surface area contributed by atoms with Crippen LogP contribution in [-0.4, -0.2) is 43.7 Å². The normalized spacial score (nSPS) is 19.9. The molecule has 1 atom stereocenters. The van der Waals surface area contributed by atoms with Gasteiger partial charge in [0.25, 0.3) is 0 Å². The lowest BCUT2D eigenvalue weighted by Crippen LogP contribution is -2.39. The molecule has 3 aromatic carbocycles.